The van der Waals surface area contributed by atoms with Crippen LogP contribution in [0, 0.1) is 12.8 Å². The van der Waals surface area contributed by atoms with E-state index in [1.807, 2.05) is 6.92 Å². The Hall–Kier alpha value is -1.43. The molecular formula is C12H16N2O3S. The van der Waals surface area contributed by atoms with Crippen LogP contribution in [0.1, 0.15) is 35.8 Å². The Balaban J connectivity index is 2.20. The van der Waals surface area contributed by atoms with Crippen molar-refractivity contribution < 1.29 is 14.7 Å². The van der Waals surface area contributed by atoms with Crippen LogP contribution in [0.4, 0.5) is 0 Å². The van der Waals surface area contributed by atoms with E-state index in [1.54, 1.807) is 17.2 Å². The molecule has 1 aromatic heterocycles. The fourth-order valence-corrected chi connectivity index (χ4v) is 3.10. The van der Waals surface area contributed by atoms with E-state index < -0.39 is 11.9 Å². The standard InChI is InChI=1S/C12H16N2O3S/c1-7-10(6-18-13-7)11(15)14-5-3-4-9(8(14)2)12(16)17/h6,8-9H,3-5H2,1-2H3,(H,16,17)/t8-,9-/m1/s1. The molecule has 0 spiro atoms. The molecule has 1 aliphatic rings. The van der Waals surface area contributed by atoms with Crippen molar-refractivity contribution >= 4 is 23.4 Å². The van der Waals surface area contributed by atoms with E-state index in [0.29, 0.717) is 18.5 Å². The van der Waals surface area contributed by atoms with E-state index in [-0.39, 0.29) is 11.9 Å². The maximum absolute atomic E-state index is 12.4. The highest BCUT2D eigenvalue weighted by Gasteiger charge is 2.36. The third-order valence-electron chi connectivity index (χ3n) is 3.55. The highest BCUT2D eigenvalue weighted by molar-refractivity contribution is 7.03. The summed E-state index contributed by atoms with van der Waals surface area (Å²) < 4.78 is 4.09. The van der Waals surface area contributed by atoms with Crippen molar-refractivity contribution in [3.63, 3.8) is 0 Å². The summed E-state index contributed by atoms with van der Waals surface area (Å²) in [5.41, 5.74) is 1.31. The van der Waals surface area contributed by atoms with Crippen LogP contribution in [0.25, 0.3) is 0 Å². The average molecular weight is 268 g/mol. The van der Waals surface area contributed by atoms with E-state index in [1.165, 1.54) is 11.5 Å². The number of aliphatic carboxylic acids is 1. The van der Waals surface area contributed by atoms with Crippen molar-refractivity contribution in [1.29, 1.82) is 0 Å². The SMILES string of the molecule is Cc1nscc1C(=O)N1CCC[C@@H](C(=O)O)[C@H]1C. The fraction of sp³-hybridized carbons (Fsp3) is 0.583. The summed E-state index contributed by atoms with van der Waals surface area (Å²) in [5, 5.41) is 10.9. The Kier molecular flexibility index (Phi) is 3.65. The molecule has 0 radical (unpaired) electrons. The largest absolute Gasteiger partial charge is 0.481 e. The van der Waals surface area contributed by atoms with Gasteiger partial charge in [-0.3, -0.25) is 9.59 Å². The number of carbonyl (C=O) groups is 2. The zero-order valence-electron chi connectivity index (χ0n) is 10.4. The molecule has 0 aliphatic carbocycles. The summed E-state index contributed by atoms with van der Waals surface area (Å²) in [4.78, 5) is 25.2. The number of rotatable bonds is 2. The van der Waals surface area contributed by atoms with E-state index in [0.717, 1.165) is 12.1 Å². The molecule has 98 valence electrons. The quantitative estimate of drug-likeness (QED) is 0.887. The molecule has 0 aromatic carbocycles. The van der Waals surface area contributed by atoms with Crippen molar-refractivity contribution in [2.75, 3.05) is 6.54 Å². The van der Waals surface area contributed by atoms with Crippen LogP contribution in [0.5, 0.6) is 0 Å². The second-order valence-electron chi connectivity index (χ2n) is 4.64. The maximum Gasteiger partial charge on any atom is 0.308 e. The minimum atomic E-state index is -0.819. The number of carbonyl (C=O) groups excluding carboxylic acids is 1. The Morgan fingerprint density at radius 2 is 2.28 bits per heavy atom. The second-order valence-corrected chi connectivity index (χ2v) is 5.27. The van der Waals surface area contributed by atoms with Crippen molar-refractivity contribution in [2.45, 2.75) is 32.7 Å². The zero-order valence-corrected chi connectivity index (χ0v) is 11.2. The molecule has 18 heavy (non-hydrogen) atoms. The Labute approximate surface area is 110 Å². The molecule has 1 aromatic rings. The highest BCUT2D eigenvalue weighted by atomic mass is 32.1. The van der Waals surface area contributed by atoms with Gasteiger partial charge < -0.3 is 10.0 Å². The lowest BCUT2D eigenvalue weighted by atomic mass is 9.90. The van der Waals surface area contributed by atoms with E-state index in [2.05, 4.69) is 4.37 Å². The predicted molar refractivity (Wildman–Crippen MR) is 67.7 cm³/mol. The molecule has 1 saturated heterocycles. The summed E-state index contributed by atoms with van der Waals surface area (Å²) in [6.45, 7) is 4.23. The van der Waals surface area contributed by atoms with Gasteiger partial charge in [0.15, 0.2) is 0 Å². The van der Waals surface area contributed by atoms with Crippen LogP contribution in [0.2, 0.25) is 0 Å². The van der Waals surface area contributed by atoms with Gasteiger partial charge in [-0.2, -0.15) is 4.37 Å². The van der Waals surface area contributed by atoms with Crippen LogP contribution in [-0.4, -0.2) is 38.8 Å². The molecule has 0 saturated carbocycles. The van der Waals surface area contributed by atoms with Gasteiger partial charge in [-0.05, 0) is 38.2 Å². The summed E-state index contributed by atoms with van der Waals surface area (Å²) in [7, 11) is 0. The average Bonchev–Trinajstić information content (AvgIpc) is 2.74. The number of amides is 1. The first-order valence-corrected chi connectivity index (χ1v) is 6.80. The Morgan fingerprint density at radius 3 is 2.83 bits per heavy atom. The molecule has 1 amide bonds. The van der Waals surface area contributed by atoms with E-state index in [4.69, 9.17) is 5.11 Å². The molecule has 0 unspecified atom stereocenters. The first-order chi connectivity index (χ1) is 8.52. The number of piperidine rings is 1. The van der Waals surface area contributed by atoms with Crippen LogP contribution in [0.15, 0.2) is 5.38 Å². The van der Waals surface area contributed by atoms with Crippen molar-refractivity contribution in [1.82, 2.24) is 9.27 Å². The van der Waals surface area contributed by atoms with Gasteiger partial charge in [-0.1, -0.05) is 0 Å². The van der Waals surface area contributed by atoms with Crippen molar-refractivity contribution in [2.24, 2.45) is 5.92 Å². The number of carboxylic acid groups (broad SMARTS) is 1. The number of aromatic nitrogens is 1. The zero-order chi connectivity index (χ0) is 13.3. The van der Waals surface area contributed by atoms with Gasteiger partial charge in [0.05, 0.1) is 17.2 Å². The number of hydrogen-bond acceptors (Lipinski definition) is 4. The monoisotopic (exact) mass is 268 g/mol. The molecule has 1 aliphatic heterocycles. The molecule has 2 heterocycles. The number of aryl methyl sites for hydroxylation is 1. The van der Waals surface area contributed by atoms with E-state index >= 15 is 0 Å². The van der Waals surface area contributed by atoms with Gasteiger partial charge >= 0.3 is 5.97 Å². The van der Waals surface area contributed by atoms with Crippen LogP contribution < -0.4 is 0 Å². The summed E-state index contributed by atoms with van der Waals surface area (Å²) in [6.07, 6.45) is 1.38. The third-order valence-corrected chi connectivity index (χ3v) is 4.27. The van der Waals surface area contributed by atoms with Gasteiger partial charge in [0, 0.05) is 18.0 Å². The molecule has 0 bridgehead atoms. The normalized spacial score (nSPS) is 24.0. The predicted octanol–water partition coefficient (Wildman–Crippen LogP) is 1.78. The Morgan fingerprint density at radius 1 is 1.56 bits per heavy atom. The van der Waals surface area contributed by atoms with E-state index in [9.17, 15) is 9.59 Å². The van der Waals surface area contributed by atoms with Gasteiger partial charge in [0.2, 0.25) is 0 Å². The molecule has 1 N–H and O–H groups in total. The Bertz CT molecular complexity index is 472. The minimum Gasteiger partial charge on any atom is -0.481 e. The van der Waals surface area contributed by atoms with Gasteiger partial charge in [-0.25, -0.2) is 0 Å². The molecule has 1 fully saturated rings. The number of likely N-dealkylation sites (tertiary alicyclic amines) is 1. The van der Waals surface area contributed by atoms with Crippen LogP contribution >= 0.6 is 11.5 Å². The maximum atomic E-state index is 12.4. The van der Waals surface area contributed by atoms with Crippen LogP contribution in [-0.2, 0) is 4.79 Å². The first kappa shape index (κ1) is 13.0. The third kappa shape index (κ3) is 2.25. The van der Waals surface area contributed by atoms with Gasteiger partial charge in [0.25, 0.3) is 5.91 Å². The fourth-order valence-electron chi connectivity index (χ4n) is 2.41. The topological polar surface area (TPSA) is 70.5 Å². The summed E-state index contributed by atoms with van der Waals surface area (Å²) >= 11 is 1.25. The molecule has 2 atom stereocenters. The van der Waals surface area contributed by atoms with Crippen molar-refractivity contribution in [3.05, 3.63) is 16.6 Å². The van der Waals surface area contributed by atoms with Gasteiger partial charge in [0.1, 0.15) is 0 Å². The number of hydrogen-bond donors (Lipinski definition) is 1. The minimum absolute atomic E-state index is 0.0975. The number of carboxylic acids is 1. The lowest BCUT2D eigenvalue weighted by molar-refractivity contribution is -0.144. The number of nitrogens with zero attached hydrogens (tertiary/aromatic N) is 2. The summed E-state index contributed by atoms with van der Waals surface area (Å²) in [6, 6.07) is -0.261. The second kappa shape index (κ2) is 5.06. The van der Waals surface area contributed by atoms with Gasteiger partial charge in [-0.15, -0.1) is 0 Å². The lowest BCUT2D eigenvalue weighted by Gasteiger charge is -2.37. The van der Waals surface area contributed by atoms with Crippen LogP contribution in [0.3, 0.4) is 0 Å². The summed E-state index contributed by atoms with van der Waals surface area (Å²) in [5.74, 6) is -1.38. The molecular weight excluding hydrogens is 252 g/mol. The first-order valence-electron chi connectivity index (χ1n) is 5.97. The molecule has 5 nitrogen and oxygen atoms in total. The highest BCUT2D eigenvalue weighted by Crippen LogP contribution is 2.26. The molecule has 2 rings (SSSR count). The lowest BCUT2D eigenvalue weighted by Crippen LogP contribution is -2.49. The smallest absolute Gasteiger partial charge is 0.308 e. The van der Waals surface area contributed by atoms with Crippen molar-refractivity contribution in [3.8, 4) is 0 Å². The molecule has 6 heteroatoms.